The molecule has 14 heteroatoms. The Bertz CT molecular complexity index is 1390. The van der Waals surface area contributed by atoms with E-state index in [9.17, 15) is 31.0 Å². The highest BCUT2D eigenvalue weighted by molar-refractivity contribution is 7.86. The highest BCUT2D eigenvalue weighted by Crippen LogP contribution is 2.42. The molecule has 2 aromatic carbocycles. The molecule has 12 nitrogen and oxygen atoms in total. The molecule has 0 amide bonds. The van der Waals surface area contributed by atoms with Gasteiger partial charge in [0.15, 0.2) is 11.4 Å². The van der Waals surface area contributed by atoms with Crippen LogP contribution in [-0.2, 0) is 20.2 Å². The molecule has 144 valence electrons. The zero-order chi connectivity index (χ0) is 20.7. The molecule has 3 rings (SSSR count). The molecule has 1 heterocycles. The lowest BCUT2D eigenvalue weighted by molar-refractivity contribution is 0.445. The molecule has 0 aliphatic carbocycles. The quantitative estimate of drug-likeness (QED) is 0.357. The normalized spacial score (nSPS) is 12.5. The molecule has 0 radical (unpaired) electrons. The van der Waals surface area contributed by atoms with Crippen LogP contribution in [-0.4, -0.2) is 41.0 Å². The van der Waals surface area contributed by atoms with Crippen molar-refractivity contribution in [1.29, 1.82) is 5.26 Å². The van der Waals surface area contributed by atoms with Gasteiger partial charge in [0.1, 0.15) is 16.7 Å². The SMILES string of the molecule is N#Cc1[nH]cnc1/N=N/c1c(O)c(S(=O)(=O)O)cc2ccc(S(=O)(=O)O)cc12. The van der Waals surface area contributed by atoms with Crippen LogP contribution in [0.1, 0.15) is 5.69 Å². The third-order valence-corrected chi connectivity index (χ3v) is 5.29. The first-order valence-corrected chi connectivity index (χ1v) is 10.0. The van der Waals surface area contributed by atoms with Crippen LogP contribution in [0, 0.1) is 11.3 Å². The number of imidazole rings is 1. The average molecular weight is 423 g/mol. The summed E-state index contributed by atoms with van der Waals surface area (Å²) in [5.41, 5.74) is -0.598. The lowest BCUT2D eigenvalue weighted by Gasteiger charge is -2.09. The van der Waals surface area contributed by atoms with Gasteiger partial charge in [0.05, 0.1) is 11.2 Å². The molecule has 3 aromatic rings. The Hall–Kier alpha value is -3.38. The van der Waals surface area contributed by atoms with Crippen LogP contribution in [0.3, 0.4) is 0 Å². The molecule has 0 saturated heterocycles. The number of phenolic OH excluding ortho intramolecular Hbond substituents is 1. The fourth-order valence-corrected chi connectivity index (χ4v) is 3.44. The first-order chi connectivity index (χ1) is 13.0. The number of H-pyrrole nitrogens is 1. The van der Waals surface area contributed by atoms with Crippen molar-refractivity contribution in [1.82, 2.24) is 9.97 Å². The molecule has 0 saturated carbocycles. The molecule has 4 N–H and O–H groups in total. The van der Waals surface area contributed by atoms with Crippen molar-refractivity contribution >= 4 is 42.5 Å². The van der Waals surface area contributed by atoms with Crippen molar-refractivity contribution in [3.8, 4) is 11.8 Å². The van der Waals surface area contributed by atoms with E-state index in [2.05, 4.69) is 20.2 Å². The number of nitrogens with zero attached hydrogens (tertiary/aromatic N) is 4. The second-order valence-electron chi connectivity index (χ2n) is 5.32. The summed E-state index contributed by atoms with van der Waals surface area (Å²) >= 11 is 0. The van der Waals surface area contributed by atoms with Crippen LogP contribution in [0.25, 0.3) is 10.8 Å². The first kappa shape index (κ1) is 19.4. The largest absolute Gasteiger partial charge is 0.504 e. The van der Waals surface area contributed by atoms with Crippen molar-refractivity contribution in [2.24, 2.45) is 10.2 Å². The highest BCUT2D eigenvalue weighted by atomic mass is 32.2. The fraction of sp³-hybridized carbons (Fsp3) is 0. The summed E-state index contributed by atoms with van der Waals surface area (Å²) in [4.78, 5) is 4.75. The van der Waals surface area contributed by atoms with E-state index in [1.165, 1.54) is 0 Å². The van der Waals surface area contributed by atoms with Crippen LogP contribution in [0.15, 0.2) is 50.6 Å². The van der Waals surface area contributed by atoms with Gasteiger partial charge in [-0.1, -0.05) is 6.07 Å². The summed E-state index contributed by atoms with van der Waals surface area (Å²) < 4.78 is 64.4. The number of aromatic nitrogens is 2. The monoisotopic (exact) mass is 423 g/mol. The predicted octanol–water partition coefficient (Wildman–Crippen LogP) is 2.05. The van der Waals surface area contributed by atoms with Crippen molar-refractivity contribution in [2.75, 3.05) is 0 Å². The highest BCUT2D eigenvalue weighted by Gasteiger charge is 2.23. The number of nitriles is 1. The Kier molecular flexibility index (Phi) is 4.61. The minimum Gasteiger partial charge on any atom is -0.504 e. The zero-order valence-corrected chi connectivity index (χ0v) is 15.1. The molecule has 0 spiro atoms. The number of azo groups is 1. The van der Waals surface area contributed by atoms with Gasteiger partial charge in [-0.25, -0.2) is 4.98 Å². The maximum Gasteiger partial charge on any atom is 0.298 e. The van der Waals surface area contributed by atoms with Crippen molar-refractivity contribution in [2.45, 2.75) is 9.79 Å². The maximum atomic E-state index is 11.5. The van der Waals surface area contributed by atoms with E-state index in [0.29, 0.717) is 0 Å². The van der Waals surface area contributed by atoms with Gasteiger partial charge in [0, 0.05) is 5.39 Å². The van der Waals surface area contributed by atoms with Gasteiger partial charge in [0.25, 0.3) is 20.2 Å². The second-order valence-corrected chi connectivity index (χ2v) is 8.13. The van der Waals surface area contributed by atoms with Gasteiger partial charge in [0.2, 0.25) is 5.82 Å². The zero-order valence-electron chi connectivity index (χ0n) is 13.5. The number of nitrogens with one attached hydrogen (secondary N) is 1. The van der Waals surface area contributed by atoms with E-state index in [-0.39, 0.29) is 22.3 Å². The van der Waals surface area contributed by atoms with Gasteiger partial charge in [-0.3, -0.25) is 9.11 Å². The lowest BCUT2D eigenvalue weighted by atomic mass is 10.1. The number of aromatic hydroxyl groups is 1. The summed E-state index contributed by atoms with van der Waals surface area (Å²) in [5, 5.41) is 26.5. The lowest BCUT2D eigenvalue weighted by Crippen LogP contribution is -2.00. The number of rotatable bonds is 4. The van der Waals surface area contributed by atoms with Gasteiger partial charge in [-0.15, -0.1) is 10.2 Å². The number of benzene rings is 2. The third kappa shape index (κ3) is 3.54. The van der Waals surface area contributed by atoms with E-state index in [1.54, 1.807) is 6.07 Å². The van der Waals surface area contributed by atoms with E-state index >= 15 is 0 Å². The van der Waals surface area contributed by atoms with Crippen LogP contribution in [0.4, 0.5) is 11.5 Å². The van der Waals surface area contributed by atoms with Crippen LogP contribution >= 0.6 is 0 Å². The summed E-state index contributed by atoms with van der Waals surface area (Å²) in [5.74, 6) is -1.20. The van der Waals surface area contributed by atoms with E-state index in [0.717, 1.165) is 30.6 Å². The minimum absolute atomic E-state index is 0.0642. The summed E-state index contributed by atoms with van der Waals surface area (Å²) in [6.45, 7) is 0. The Morgan fingerprint density at radius 1 is 1.07 bits per heavy atom. The van der Waals surface area contributed by atoms with E-state index in [1.807, 2.05) is 0 Å². The summed E-state index contributed by atoms with van der Waals surface area (Å²) in [7, 11) is -9.48. The number of hydrogen-bond acceptors (Lipinski definition) is 9. The Morgan fingerprint density at radius 3 is 2.39 bits per heavy atom. The maximum absolute atomic E-state index is 11.5. The van der Waals surface area contributed by atoms with Gasteiger partial charge in [-0.2, -0.15) is 22.1 Å². The van der Waals surface area contributed by atoms with Crippen LogP contribution in [0.5, 0.6) is 5.75 Å². The number of phenols is 1. The third-order valence-electron chi connectivity index (χ3n) is 3.58. The molecule has 0 aliphatic rings. The van der Waals surface area contributed by atoms with Crippen LogP contribution in [0.2, 0.25) is 0 Å². The van der Waals surface area contributed by atoms with Gasteiger partial charge in [-0.05, 0) is 23.6 Å². The molecule has 28 heavy (non-hydrogen) atoms. The molecule has 1 aromatic heterocycles. The molecule has 0 unspecified atom stereocenters. The Morgan fingerprint density at radius 2 is 1.79 bits per heavy atom. The van der Waals surface area contributed by atoms with E-state index < -0.39 is 41.5 Å². The second kappa shape index (κ2) is 6.65. The summed E-state index contributed by atoms with van der Waals surface area (Å²) in [6, 6.07) is 5.70. The number of aromatic amines is 1. The van der Waals surface area contributed by atoms with Crippen molar-refractivity contribution < 1.29 is 31.0 Å². The molecule has 0 bridgehead atoms. The predicted molar refractivity (Wildman–Crippen MR) is 92.7 cm³/mol. The number of fused-ring (bicyclic) bond motifs is 1. The molecular formula is C14H9N5O7S2. The molecular weight excluding hydrogens is 414 g/mol. The fourth-order valence-electron chi connectivity index (χ4n) is 2.32. The molecule has 0 aliphatic heterocycles. The summed E-state index contributed by atoms with van der Waals surface area (Å²) in [6.07, 6.45) is 1.15. The van der Waals surface area contributed by atoms with Crippen molar-refractivity contribution in [3.63, 3.8) is 0 Å². The minimum atomic E-state index is -4.86. The van der Waals surface area contributed by atoms with Gasteiger partial charge >= 0.3 is 0 Å². The topological polar surface area (TPSA) is 206 Å². The Labute approximate surface area is 157 Å². The van der Waals surface area contributed by atoms with E-state index in [4.69, 9.17) is 5.26 Å². The molecule has 0 fully saturated rings. The number of hydrogen-bond donors (Lipinski definition) is 4. The first-order valence-electron chi connectivity index (χ1n) is 7.12. The Balaban J connectivity index is 2.36. The molecule has 0 atom stereocenters. The van der Waals surface area contributed by atoms with Crippen LogP contribution < -0.4 is 0 Å². The standard InChI is InChI=1S/C14H9N5O7S2/c15-5-10-14(17-6-16-10)19-18-12-9-4-8(27(21,22)23)2-1-7(9)3-11(13(12)20)28(24,25)26/h1-4,6,20H,(H,16,17)(H,21,22,23)(H,24,25,26)/b19-18+. The smallest absolute Gasteiger partial charge is 0.298 e. The van der Waals surface area contributed by atoms with Crippen molar-refractivity contribution in [3.05, 3.63) is 36.3 Å². The average Bonchev–Trinajstić information content (AvgIpc) is 3.05. The van der Waals surface area contributed by atoms with Gasteiger partial charge < -0.3 is 10.1 Å².